The molecule has 0 aliphatic carbocycles. The van der Waals surface area contributed by atoms with Gasteiger partial charge in [0.15, 0.2) is 0 Å². The Morgan fingerprint density at radius 2 is 2.06 bits per heavy atom. The number of ether oxygens (including phenoxy) is 1. The molecule has 0 atom stereocenters. The summed E-state index contributed by atoms with van der Waals surface area (Å²) in [5.74, 6) is -0.261. The number of hydrogen-bond acceptors (Lipinski definition) is 2. The average molecular weight is 220 g/mol. The second kappa shape index (κ2) is 6.31. The summed E-state index contributed by atoms with van der Waals surface area (Å²) in [5, 5.41) is 0. The highest BCUT2D eigenvalue weighted by molar-refractivity contribution is 5.89. The van der Waals surface area contributed by atoms with Gasteiger partial charge < -0.3 is 4.74 Å². The summed E-state index contributed by atoms with van der Waals surface area (Å²) in [6.07, 6.45) is 4.81. The molecule has 0 aliphatic rings. The molecule has 2 nitrogen and oxygen atoms in total. The van der Waals surface area contributed by atoms with Crippen molar-refractivity contribution in [3.05, 3.63) is 34.9 Å². The molecule has 0 saturated heterocycles. The first kappa shape index (κ1) is 12.8. The van der Waals surface area contributed by atoms with Gasteiger partial charge in [-0.05, 0) is 43.0 Å². The molecular weight excluding hydrogens is 200 g/mol. The summed E-state index contributed by atoms with van der Waals surface area (Å²) < 4.78 is 4.69. The molecular formula is C14H20O2. The molecule has 0 aliphatic heterocycles. The van der Waals surface area contributed by atoms with Crippen LogP contribution in [0.2, 0.25) is 0 Å². The van der Waals surface area contributed by atoms with Crippen LogP contribution in [0.3, 0.4) is 0 Å². The van der Waals surface area contributed by atoms with E-state index in [0.29, 0.717) is 5.56 Å². The van der Waals surface area contributed by atoms with E-state index in [2.05, 4.69) is 6.92 Å². The minimum Gasteiger partial charge on any atom is -0.465 e. The fraction of sp³-hybridized carbons (Fsp3) is 0.500. The Bertz CT molecular complexity index is 356. The Kier molecular flexibility index (Phi) is 5.03. The van der Waals surface area contributed by atoms with Crippen molar-refractivity contribution in [2.45, 2.75) is 39.5 Å². The first-order valence-electron chi connectivity index (χ1n) is 5.87. The molecule has 0 heterocycles. The molecule has 0 amide bonds. The molecule has 88 valence electrons. The van der Waals surface area contributed by atoms with Gasteiger partial charge in [-0.3, -0.25) is 0 Å². The van der Waals surface area contributed by atoms with Gasteiger partial charge in [-0.15, -0.1) is 0 Å². The maximum absolute atomic E-state index is 11.3. The van der Waals surface area contributed by atoms with Crippen LogP contribution in [0.15, 0.2) is 18.2 Å². The summed E-state index contributed by atoms with van der Waals surface area (Å²) in [5.41, 5.74) is 3.15. The summed E-state index contributed by atoms with van der Waals surface area (Å²) in [7, 11) is 1.41. The van der Waals surface area contributed by atoms with E-state index in [1.54, 1.807) is 0 Å². The van der Waals surface area contributed by atoms with Gasteiger partial charge >= 0.3 is 5.97 Å². The molecule has 0 aromatic heterocycles. The lowest BCUT2D eigenvalue weighted by Gasteiger charge is -2.07. The van der Waals surface area contributed by atoms with Crippen LogP contribution in [0.1, 0.15) is 47.7 Å². The lowest BCUT2D eigenvalue weighted by Crippen LogP contribution is -2.02. The summed E-state index contributed by atoms with van der Waals surface area (Å²) in [6, 6.07) is 5.80. The smallest absolute Gasteiger partial charge is 0.337 e. The topological polar surface area (TPSA) is 26.3 Å². The van der Waals surface area contributed by atoms with Gasteiger partial charge in [0.1, 0.15) is 0 Å². The number of carbonyl (C=O) groups is 1. The summed E-state index contributed by atoms with van der Waals surface area (Å²) in [6.45, 7) is 4.25. The molecule has 1 aromatic rings. The number of benzene rings is 1. The Labute approximate surface area is 97.6 Å². The monoisotopic (exact) mass is 220 g/mol. The van der Waals surface area contributed by atoms with Crippen molar-refractivity contribution in [2.75, 3.05) is 7.11 Å². The fourth-order valence-electron chi connectivity index (χ4n) is 1.79. The SMILES string of the molecule is CCCCCc1ccc(C(=O)OC)cc1C. The predicted molar refractivity (Wildman–Crippen MR) is 65.7 cm³/mol. The van der Waals surface area contributed by atoms with E-state index in [0.717, 1.165) is 6.42 Å². The van der Waals surface area contributed by atoms with Gasteiger partial charge in [-0.25, -0.2) is 4.79 Å². The third-order valence-corrected chi connectivity index (χ3v) is 2.81. The molecule has 0 fully saturated rings. The van der Waals surface area contributed by atoms with Crippen molar-refractivity contribution in [3.63, 3.8) is 0 Å². The second-order valence-electron chi connectivity index (χ2n) is 4.09. The molecule has 0 N–H and O–H groups in total. The van der Waals surface area contributed by atoms with Crippen LogP contribution in [0.5, 0.6) is 0 Å². The van der Waals surface area contributed by atoms with E-state index < -0.39 is 0 Å². The summed E-state index contributed by atoms with van der Waals surface area (Å²) >= 11 is 0. The molecule has 0 saturated carbocycles. The van der Waals surface area contributed by atoms with E-state index in [4.69, 9.17) is 4.74 Å². The van der Waals surface area contributed by atoms with Crippen molar-refractivity contribution in [2.24, 2.45) is 0 Å². The third kappa shape index (κ3) is 3.37. The predicted octanol–water partition coefficient (Wildman–Crippen LogP) is 3.51. The molecule has 1 rings (SSSR count). The lowest BCUT2D eigenvalue weighted by atomic mass is 10.00. The minimum atomic E-state index is -0.261. The number of rotatable bonds is 5. The number of methoxy groups -OCH3 is 1. The minimum absolute atomic E-state index is 0.261. The van der Waals surface area contributed by atoms with Crippen LogP contribution in [0.25, 0.3) is 0 Å². The Morgan fingerprint density at radius 1 is 1.31 bits per heavy atom. The maximum Gasteiger partial charge on any atom is 0.337 e. The van der Waals surface area contributed by atoms with E-state index in [-0.39, 0.29) is 5.97 Å². The lowest BCUT2D eigenvalue weighted by molar-refractivity contribution is 0.0600. The van der Waals surface area contributed by atoms with E-state index in [1.807, 2.05) is 25.1 Å². The molecule has 0 radical (unpaired) electrons. The van der Waals surface area contributed by atoms with Crippen molar-refractivity contribution < 1.29 is 9.53 Å². The van der Waals surface area contributed by atoms with Crippen LogP contribution < -0.4 is 0 Å². The van der Waals surface area contributed by atoms with Crippen molar-refractivity contribution in [1.82, 2.24) is 0 Å². The number of carbonyl (C=O) groups excluding carboxylic acids is 1. The molecule has 0 spiro atoms. The zero-order valence-electron chi connectivity index (χ0n) is 10.4. The molecule has 2 heteroatoms. The molecule has 0 unspecified atom stereocenters. The number of hydrogen-bond donors (Lipinski definition) is 0. The van der Waals surface area contributed by atoms with Crippen molar-refractivity contribution >= 4 is 5.97 Å². The van der Waals surface area contributed by atoms with Gasteiger partial charge in [0, 0.05) is 0 Å². The van der Waals surface area contributed by atoms with Crippen LogP contribution in [-0.4, -0.2) is 13.1 Å². The van der Waals surface area contributed by atoms with Crippen LogP contribution in [0, 0.1) is 6.92 Å². The summed E-state index contributed by atoms with van der Waals surface area (Å²) in [4.78, 5) is 11.3. The van der Waals surface area contributed by atoms with Gasteiger partial charge in [0.05, 0.1) is 12.7 Å². The normalized spacial score (nSPS) is 10.2. The maximum atomic E-state index is 11.3. The van der Waals surface area contributed by atoms with Gasteiger partial charge in [-0.1, -0.05) is 25.8 Å². The highest BCUT2D eigenvalue weighted by atomic mass is 16.5. The van der Waals surface area contributed by atoms with Crippen molar-refractivity contribution in [3.8, 4) is 0 Å². The quantitative estimate of drug-likeness (QED) is 0.560. The molecule has 16 heavy (non-hydrogen) atoms. The first-order chi connectivity index (χ1) is 7.69. The molecule has 1 aromatic carbocycles. The van der Waals surface area contributed by atoms with Crippen LogP contribution >= 0.6 is 0 Å². The third-order valence-electron chi connectivity index (χ3n) is 2.81. The average Bonchev–Trinajstić information content (AvgIpc) is 2.30. The highest BCUT2D eigenvalue weighted by Crippen LogP contribution is 2.15. The second-order valence-corrected chi connectivity index (χ2v) is 4.09. The van der Waals surface area contributed by atoms with Gasteiger partial charge in [0.2, 0.25) is 0 Å². The van der Waals surface area contributed by atoms with Crippen LogP contribution in [-0.2, 0) is 11.2 Å². The van der Waals surface area contributed by atoms with E-state index >= 15 is 0 Å². The standard InChI is InChI=1S/C14H20O2/c1-4-5-6-7-12-8-9-13(10-11(12)2)14(15)16-3/h8-10H,4-7H2,1-3H3. The van der Waals surface area contributed by atoms with E-state index in [9.17, 15) is 4.79 Å². The Hall–Kier alpha value is -1.31. The number of aryl methyl sites for hydroxylation is 2. The van der Waals surface area contributed by atoms with Gasteiger partial charge in [-0.2, -0.15) is 0 Å². The highest BCUT2D eigenvalue weighted by Gasteiger charge is 2.07. The fourth-order valence-corrected chi connectivity index (χ4v) is 1.79. The zero-order valence-corrected chi connectivity index (χ0v) is 10.4. The number of unbranched alkanes of at least 4 members (excludes halogenated alkanes) is 2. The largest absolute Gasteiger partial charge is 0.465 e. The molecule has 0 bridgehead atoms. The number of esters is 1. The van der Waals surface area contributed by atoms with Gasteiger partial charge in [0.25, 0.3) is 0 Å². The van der Waals surface area contributed by atoms with E-state index in [1.165, 1.54) is 37.5 Å². The first-order valence-corrected chi connectivity index (χ1v) is 5.87. The van der Waals surface area contributed by atoms with Crippen LogP contribution in [0.4, 0.5) is 0 Å². The Balaban J connectivity index is 2.71. The van der Waals surface area contributed by atoms with Crippen molar-refractivity contribution in [1.29, 1.82) is 0 Å². The zero-order chi connectivity index (χ0) is 12.0. The Morgan fingerprint density at radius 3 is 2.62 bits per heavy atom.